The van der Waals surface area contributed by atoms with Crippen molar-refractivity contribution in [3.05, 3.63) is 0 Å². The van der Waals surface area contributed by atoms with Crippen molar-refractivity contribution in [2.24, 2.45) is 11.8 Å². The zero-order valence-corrected chi connectivity index (χ0v) is 8.62. The lowest BCUT2D eigenvalue weighted by Gasteiger charge is -2.45. The van der Waals surface area contributed by atoms with Crippen molar-refractivity contribution in [3.63, 3.8) is 0 Å². The summed E-state index contributed by atoms with van der Waals surface area (Å²) in [6.07, 6.45) is 2.90. The predicted octanol–water partition coefficient (Wildman–Crippen LogP) is 1.70. The smallest absolute Gasteiger partial charge is 0.135 e. The molecule has 2 nitrogen and oxygen atoms in total. The molecule has 0 radical (unpaired) electrons. The van der Waals surface area contributed by atoms with Crippen molar-refractivity contribution in [2.75, 3.05) is 13.1 Å². The third-order valence-electron chi connectivity index (χ3n) is 3.56. The fourth-order valence-electron chi connectivity index (χ4n) is 2.95. The summed E-state index contributed by atoms with van der Waals surface area (Å²) < 4.78 is 0. The van der Waals surface area contributed by atoms with Gasteiger partial charge in [0.1, 0.15) is 5.78 Å². The summed E-state index contributed by atoms with van der Waals surface area (Å²) in [5.74, 6) is 2.01. The molecule has 74 valence electrons. The van der Waals surface area contributed by atoms with E-state index in [9.17, 15) is 4.79 Å². The Kier molecular flexibility index (Phi) is 2.41. The van der Waals surface area contributed by atoms with Crippen molar-refractivity contribution < 1.29 is 4.79 Å². The van der Waals surface area contributed by atoms with Crippen molar-refractivity contribution >= 4 is 5.78 Å². The Hall–Kier alpha value is -0.370. The van der Waals surface area contributed by atoms with Crippen molar-refractivity contribution in [3.8, 4) is 0 Å². The molecule has 2 rings (SSSR count). The molecule has 2 heteroatoms. The van der Waals surface area contributed by atoms with E-state index < -0.39 is 0 Å². The van der Waals surface area contributed by atoms with E-state index in [0.717, 1.165) is 25.3 Å². The number of hydrogen-bond acceptors (Lipinski definition) is 2. The molecule has 3 atom stereocenters. The van der Waals surface area contributed by atoms with Gasteiger partial charge >= 0.3 is 0 Å². The number of nitrogens with zero attached hydrogens (tertiary/aromatic N) is 1. The van der Waals surface area contributed by atoms with E-state index in [1.807, 2.05) is 0 Å². The van der Waals surface area contributed by atoms with E-state index in [1.54, 1.807) is 0 Å². The van der Waals surface area contributed by atoms with E-state index in [4.69, 9.17) is 0 Å². The third-order valence-corrected chi connectivity index (χ3v) is 3.56. The number of fused-ring (bicyclic) bond motifs is 1. The first-order chi connectivity index (χ1) is 6.16. The first kappa shape index (κ1) is 9.20. The van der Waals surface area contributed by atoms with Gasteiger partial charge in [0.15, 0.2) is 0 Å². The number of carbonyl (C=O) groups is 1. The minimum atomic E-state index is 0.475. The minimum absolute atomic E-state index is 0.475. The van der Waals surface area contributed by atoms with Crippen molar-refractivity contribution in [1.29, 1.82) is 0 Å². The summed E-state index contributed by atoms with van der Waals surface area (Å²) in [7, 11) is 0. The first-order valence-corrected chi connectivity index (χ1v) is 5.42. The van der Waals surface area contributed by atoms with Crippen LogP contribution in [-0.2, 0) is 4.79 Å². The van der Waals surface area contributed by atoms with Gasteiger partial charge in [-0.05, 0) is 18.3 Å². The van der Waals surface area contributed by atoms with E-state index in [2.05, 4.69) is 18.7 Å². The van der Waals surface area contributed by atoms with Crippen LogP contribution in [0.15, 0.2) is 0 Å². The Morgan fingerprint density at radius 2 is 2.15 bits per heavy atom. The highest BCUT2D eigenvalue weighted by Crippen LogP contribution is 2.31. The van der Waals surface area contributed by atoms with Gasteiger partial charge in [0.25, 0.3) is 0 Å². The molecule has 0 aliphatic carbocycles. The number of hydrogen-bond donors (Lipinski definition) is 0. The maximum Gasteiger partial charge on any atom is 0.135 e. The van der Waals surface area contributed by atoms with E-state index in [1.165, 1.54) is 13.0 Å². The molecule has 2 aliphatic heterocycles. The van der Waals surface area contributed by atoms with E-state index in [0.29, 0.717) is 17.7 Å². The van der Waals surface area contributed by atoms with Gasteiger partial charge in [-0.3, -0.25) is 9.69 Å². The molecule has 2 heterocycles. The zero-order chi connectivity index (χ0) is 9.42. The molecule has 0 N–H and O–H groups in total. The zero-order valence-electron chi connectivity index (χ0n) is 8.62. The molecule has 13 heavy (non-hydrogen) atoms. The number of ketones is 1. The summed E-state index contributed by atoms with van der Waals surface area (Å²) in [6.45, 7) is 6.84. The summed E-state index contributed by atoms with van der Waals surface area (Å²) >= 11 is 0. The number of piperidine rings is 2. The maximum atomic E-state index is 11.3. The number of Topliss-reactive ketones (excluding diaryl/α,β-unsaturated/α-hetero) is 1. The third kappa shape index (κ3) is 1.78. The maximum absolute atomic E-state index is 11.3. The number of rotatable bonds is 0. The first-order valence-electron chi connectivity index (χ1n) is 5.42. The topological polar surface area (TPSA) is 20.3 Å². The Morgan fingerprint density at radius 3 is 2.92 bits per heavy atom. The number of carbonyl (C=O) groups excluding carboxylic acids is 1. The Morgan fingerprint density at radius 1 is 1.38 bits per heavy atom. The van der Waals surface area contributed by atoms with Crippen molar-refractivity contribution in [1.82, 2.24) is 4.90 Å². The molecule has 3 unspecified atom stereocenters. The standard InChI is InChI=1S/C11H19NO/c1-8-5-9(2)11-6-10(13)3-4-12(11)7-8/h8-9,11H,3-7H2,1-2H3. The second kappa shape index (κ2) is 3.41. The van der Waals surface area contributed by atoms with Gasteiger partial charge in [-0.15, -0.1) is 0 Å². The van der Waals surface area contributed by atoms with E-state index >= 15 is 0 Å². The van der Waals surface area contributed by atoms with Gasteiger partial charge in [-0.25, -0.2) is 0 Å². The van der Waals surface area contributed by atoms with Crippen LogP contribution in [-0.4, -0.2) is 29.8 Å². The van der Waals surface area contributed by atoms with Crippen LogP contribution in [0.4, 0.5) is 0 Å². The quantitative estimate of drug-likeness (QED) is 0.567. The molecule has 2 fully saturated rings. The van der Waals surface area contributed by atoms with Gasteiger partial charge in [0.2, 0.25) is 0 Å². The summed E-state index contributed by atoms with van der Waals surface area (Å²) in [5, 5.41) is 0. The molecule has 2 aliphatic rings. The lowest BCUT2D eigenvalue weighted by molar-refractivity contribution is -0.125. The highest BCUT2D eigenvalue weighted by Gasteiger charge is 2.35. The molecule has 0 saturated carbocycles. The highest BCUT2D eigenvalue weighted by atomic mass is 16.1. The highest BCUT2D eigenvalue weighted by molar-refractivity contribution is 5.80. The summed E-state index contributed by atoms with van der Waals surface area (Å²) in [5.41, 5.74) is 0. The molecule has 0 aromatic heterocycles. The van der Waals surface area contributed by atoms with Gasteiger partial charge in [0, 0.05) is 32.0 Å². The molecular formula is C11H19NO. The normalized spacial score (nSPS) is 41.7. The SMILES string of the molecule is CC1CC(C)C2CC(=O)CCN2C1. The van der Waals surface area contributed by atoms with Crippen LogP contribution in [0.25, 0.3) is 0 Å². The van der Waals surface area contributed by atoms with Gasteiger partial charge in [-0.1, -0.05) is 13.8 Å². The van der Waals surface area contributed by atoms with Gasteiger partial charge < -0.3 is 0 Å². The Bertz CT molecular complexity index is 214. The molecular weight excluding hydrogens is 162 g/mol. The van der Waals surface area contributed by atoms with Crippen LogP contribution in [0.3, 0.4) is 0 Å². The second-order valence-electron chi connectivity index (χ2n) is 4.87. The monoisotopic (exact) mass is 181 g/mol. The van der Waals surface area contributed by atoms with Crippen LogP contribution in [0.5, 0.6) is 0 Å². The molecule has 0 spiro atoms. The van der Waals surface area contributed by atoms with Gasteiger partial charge in [0.05, 0.1) is 0 Å². The molecule has 0 aromatic rings. The van der Waals surface area contributed by atoms with Crippen LogP contribution in [0.1, 0.15) is 33.1 Å². The molecule has 0 amide bonds. The van der Waals surface area contributed by atoms with Crippen LogP contribution >= 0.6 is 0 Å². The predicted molar refractivity (Wildman–Crippen MR) is 52.5 cm³/mol. The lowest BCUT2D eigenvalue weighted by atomic mass is 9.80. The molecule has 2 saturated heterocycles. The minimum Gasteiger partial charge on any atom is -0.300 e. The summed E-state index contributed by atoms with van der Waals surface area (Å²) in [4.78, 5) is 13.8. The van der Waals surface area contributed by atoms with Crippen LogP contribution < -0.4 is 0 Å². The Labute approximate surface area is 80.3 Å². The average Bonchev–Trinajstić information content (AvgIpc) is 2.06. The summed E-state index contributed by atoms with van der Waals surface area (Å²) in [6, 6.07) is 0.567. The Balaban J connectivity index is 2.06. The van der Waals surface area contributed by atoms with Crippen LogP contribution in [0.2, 0.25) is 0 Å². The second-order valence-corrected chi connectivity index (χ2v) is 4.87. The van der Waals surface area contributed by atoms with E-state index in [-0.39, 0.29) is 0 Å². The molecule has 0 bridgehead atoms. The average molecular weight is 181 g/mol. The fraction of sp³-hybridized carbons (Fsp3) is 0.909. The van der Waals surface area contributed by atoms with Crippen molar-refractivity contribution in [2.45, 2.75) is 39.2 Å². The fourth-order valence-corrected chi connectivity index (χ4v) is 2.95. The van der Waals surface area contributed by atoms with Crippen LogP contribution in [0, 0.1) is 11.8 Å². The largest absolute Gasteiger partial charge is 0.300 e. The molecule has 0 aromatic carbocycles. The van der Waals surface area contributed by atoms with Gasteiger partial charge in [-0.2, -0.15) is 0 Å². The lowest BCUT2D eigenvalue weighted by Crippen LogP contribution is -2.51.